The lowest BCUT2D eigenvalue weighted by molar-refractivity contribution is 0.0977. The van der Waals surface area contributed by atoms with Gasteiger partial charge in [-0.2, -0.15) is 0 Å². The minimum atomic E-state index is -0.278. The summed E-state index contributed by atoms with van der Waals surface area (Å²) in [7, 11) is 0. The highest BCUT2D eigenvalue weighted by molar-refractivity contribution is 7.80. The lowest BCUT2D eigenvalue weighted by Gasteiger charge is -2.11. The van der Waals surface area contributed by atoms with Crippen molar-refractivity contribution in [1.29, 1.82) is 0 Å². The third-order valence-corrected chi connectivity index (χ3v) is 4.65. The summed E-state index contributed by atoms with van der Waals surface area (Å²) in [6, 6.07) is 12.5. The lowest BCUT2D eigenvalue weighted by atomic mass is 10.2. The van der Waals surface area contributed by atoms with Crippen LogP contribution in [-0.2, 0) is 0 Å². The van der Waals surface area contributed by atoms with Gasteiger partial charge in [0.2, 0.25) is 0 Å². The number of amides is 1. The topological polar surface area (TPSA) is 50.4 Å². The molecular formula is C21H25ClN2O2S. The number of hydrogen-bond donors (Lipinski definition) is 2. The molecule has 2 aromatic carbocycles. The van der Waals surface area contributed by atoms with Gasteiger partial charge >= 0.3 is 0 Å². The number of carbonyl (C=O) groups is 1. The molecule has 0 spiro atoms. The first kappa shape index (κ1) is 21.2. The maximum absolute atomic E-state index is 12.3. The van der Waals surface area contributed by atoms with E-state index >= 15 is 0 Å². The number of nitrogens with one attached hydrogen (secondary N) is 2. The van der Waals surface area contributed by atoms with Gasteiger partial charge in [0, 0.05) is 16.3 Å². The van der Waals surface area contributed by atoms with E-state index in [0.29, 0.717) is 17.2 Å². The number of rotatable bonds is 8. The molecule has 0 heterocycles. The second kappa shape index (κ2) is 10.9. The van der Waals surface area contributed by atoms with Crippen LogP contribution in [0.5, 0.6) is 5.75 Å². The molecule has 27 heavy (non-hydrogen) atoms. The Balaban J connectivity index is 1.82. The predicted molar refractivity (Wildman–Crippen MR) is 116 cm³/mol. The van der Waals surface area contributed by atoms with Gasteiger partial charge in [0.1, 0.15) is 5.75 Å². The van der Waals surface area contributed by atoms with Crippen LogP contribution in [0.2, 0.25) is 5.02 Å². The first-order valence-electron chi connectivity index (χ1n) is 9.11. The number of hydrogen-bond acceptors (Lipinski definition) is 3. The van der Waals surface area contributed by atoms with E-state index in [1.54, 1.807) is 30.3 Å². The summed E-state index contributed by atoms with van der Waals surface area (Å²) in [6.07, 6.45) is 4.65. The quantitative estimate of drug-likeness (QED) is 0.435. The molecule has 1 amide bonds. The molecule has 0 saturated carbocycles. The number of halogens is 1. The molecule has 0 bridgehead atoms. The van der Waals surface area contributed by atoms with Gasteiger partial charge in [0.25, 0.3) is 5.91 Å². The zero-order chi connectivity index (χ0) is 19.6. The number of benzene rings is 2. The number of thiocarbonyl (C=S) groups is 1. The summed E-state index contributed by atoms with van der Waals surface area (Å²) in [4.78, 5) is 12.3. The Morgan fingerprint density at radius 3 is 2.52 bits per heavy atom. The average Bonchev–Trinajstić information content (AvgIpc) is 2.65. The van der Waals surface area contributed by atoms with Gasteiger partial charge in [-0.25, -0.2) is 0 Å². The fraction of sp³-hybridized carbons (Fsp3) is 0.333. The first-order chi connectivity index (χ1) is 13.0. The van der Waals surface area contributed by atoms with Crippen LogP contribution in [0.3, 0.4) is 0 Å². The van der Waals surface area contributed by atoms with Crippen LogP contribution in [0.25, 0.3) is 0 Å². The summed E-state index contributed by atoms with van der Waals surface area (Å²) >= 11 is 11.3. The second-order valence-corrected chi connectivity index (χ2v) is 7.12. The first-order valence-corrected chi connectivity index (χ1v) is 9.89. The fourth-order valence-electron chi connectivity index (χ4n) is 2.43. The molecule has 0 atom stereocenters. The predicted octanol–water partition coefficient (Wildman–Crippen LogP) is 5.73. The van der Waals surface area contributed by atoms with E-state index < -0.39 is 0 Å². The maximum atomic E-state index is 12.3. The Labute approximate surface area is 171 Å². The van der Waals surface area contributed by atoms with E-state index in [4.69, 9.17) is 28.6 Å². The Kier molecular flexibility index (Phi) is 8.55. The smallest absolute Gasteiger partial charge is 0.257 e. The highest BCUT2D eigenvalue weighted by atomic mass is 35.5. The summed E-state index contributed by atoms with van der Waals surface area (Å²) in [5.41, 5.74) is 2.21. The SMILES string of the molecule is CCCCCCOc1ccc(C(=O)NC(=S)Nc2ccc(C)c(Cl)c2)cc1. The average molecular weight is 405 g/mol. The van der Waals surface area contributed by atoms with E-state index in [1.165, 1.54) is 19.3 Å². The number of unbranched alkanes of at least 4 members (excludes halogenated alkanes) is 3. The molecule has 0 unspecified atom stereocenters. The number of aryl methyl sites for hydroxylation is 1. The van der Waals surface area contributed by atoms with Crippen molar-refractivity contribution in [3.05, 3.63) is 58.6 Å². The van der Waals surface area contributed by atoms with Crippen LogP contribution in [0.15, 0.2) is 42.5 Å². The van der Waals surface area contributed by atoms with E-state index in [9.17, 15) is 4.79 Å². The highest BCUT2D eigenvalue weighted by Crippen LogP contribution is 2.20. The van der Waals surface area contributed by atoms with Crippen LogP contribution in [0.4, 0.5) is 5.69 Å². The van der Waals surface area contributed by atoms with Gasteiger partial charge in [-0.1, -0.05) is 43.9 Å². The van der Waals surface area contributed by atoms with Gasteiger partial charge < -0.3 is 10.1 Å². The standard InChI is InChI=1S/C21H25ClN2O2S/c1-3-4-5-6-13-26-18-11-8-16(9-12-18)20(25)24-21(27)23-17-10-7-15(2)19(22)14-17/h7-12,14H,3-6,13H2,1-2H3,(H2,23,24,25,27). The van der Waals surface area contributed by atoms with Crippen LogP contribution >= 0.6 is 23.8 Å². The van der Waals surface area contributed by atoms with Crippen molar-refractivity contribution in [2.45, 2.75) is 39.5 Å². The van der Waals surface area contributed by atoms with Gasteiger partial charge in [-0.3, -0.25) is 10.1 Å². The van der Waals surface area contributed by atoms with Crippen LogP contribution < -0.4 is 15.4 Å². The van der Waals surface area contributed by atoms with E-state index in [2.05, 4.69) is 17.6 Å². The third kappa shape index (κ3) is 7.19. The Bertz CT molecular complexity index is 778. The second-order valence-electron chi connectivity index (χ2n) is 6.31. The van der Waals surface area contributed by atoms with Crippen LogP contribution in [0, 0.1) is 6.92 Å². The fourth-order valence-corrected chi connectivity index (χ4v) is 2.82. The van der Waals surface area contributed by atoms with Crippen LogP contribution in [-0.4, -0.2) is 17.6 Å². The van der Waals surface area contributed by atoms with Crippen molar-refractivity contribution < 1.29 is 9.53 Å². The lowest BCUT2D eigenvalue weighted by Crippen LogP contribution is -2.34. The molecule has 0 fully saturated rings. The third-order valence-electron chi connectivity index (χ3n) is 4.04. The summed E-state index contributed by atoms with van der Waals surface area (Å²) in [6.45, 7) is 4.80. The number of carbonyl (C=O) groups excluding carboxylic acids is 1. The zero-order valence-electron chi connectivity index (χ0n) is 15.7. The Morgan fingerprint density at radius 1 is 1.11 bits per heavy atom. The van der Waals surface area contributed by atoms with Gasteiger partial charge in [-0.05, 0) is 67.5 Å². The molecule has 0 aromatic heterocycles. The largest absolute Gasteiger partial charge is 0.494 e. The van der Waals surface area contributed by atoms with E-state index in [-0.39, 0.29) is 11.0 Å². The molecular weight excluding hydrogens is 380 g/mol. The van der Waals surface area contributed by atoms with E-state index in [0.717, 1.165) is 23.4 Å². The van der Waals surface area contributed by atoms with Gasteiger partial charge in [0.05, 0.1) is 6.61 Å². The minimum absolute atomic E-state index is 0.219. The molecule has 0 aliphatic rings. The Hall–Kier alpha value is -2.11. The number of ether oxygens (including phenoxy) is 1. The highest BCUT2D eigenvalue weighted by Gasteiger charge is 2.09. The van der Waals surface area contributed by atoms with Crippen molar-refractivity contribution in [2.75, 3.05) is 11.9 Å². The van der Waals surface area contributed by atoms with Gasteiger partial charge in [0.15, 0.2) is 5.11 Å². The summed E-state index contributed by atoms with van der Waals surface area (Å²) < 4.78 is 5.69. The van der Waals surface area contributed by atoms with Crippen molar-refractivity contribution in [1.82, 2.24) is 5.32 Å². The normalized spacial score (nSPS) is 10.3. The molecule has 0 radical (unpaired) electrons. The van der Waals surface area contributed by atoms with E-state index in [1.807, 2.05) is 19.1 Å². The Morgan fingerprint density at radius 2 is 1.85 bits per heavy atom. The molecule has 144 valence electrons. The van der Waals surface area contributed by atoms with Crippen molar-refractivity contribution in [3.63, 3.8) is 0 Å². The molecule has 0 saturated heterocycles. The van der Waals surface area contributed by atoms with Crippen molar-refractivity contribution in [2.24, 2.45) is 0 Å². The molecule has 2 aromatic rings. The summed E-state index contributed by atoms with van der Waals surface area (Å²) in [5.74, 6) is 0.484. The van der Waals surface area contributed by atoms with Crippen LogP contribution in [0.1, 0.15) is 48.5 Å². The molecule has 4 nitrogen and oxygen atoms in total. The van der Waals surface area contributed by atoms with Gasteiger partial charge in [-0.15, -0.1) is 0 Å². The maximum Gasteiger partial charge on any atom is 0.257 e. The van der Waals surface area contributed by atoms with Crippen molar-refractivity contribution in [3.8, 4) is 5.75 Å². The van der Waals surface area contributed by atoms with Crippen molar-refractivity contribution >= 4 is 40.5 Å². The molecule has 0 aliphatic heterocycles. The molecule has 2 N–H and O–H groups in total. The summed E-state index contributed by atoms with van der Waals surface area (Å²) in [5, 5.41) is 6.48. The molecule has 2 rings (SSSR count). The minimum Gasteiger partial charge on any atom is -0.494 e. The monoisotopic (exact) mass is 404 g/mol. The number of anilines is 1. The molecule has 6 heteroatoms. The zero-order valence-corrected chi connectivity index (χ0v) is 17.3. The molecule has 0 aliphatic carbocycles.